The van der Waals surface area contributed by atoms with Crippen LogP contribution in [0.25, 0.3) is 0 Å². The molecule has 5 unspecified atom stereocenters. The first-order chi connectivity index (χ1) is 6.86. The summed E-state index contributed by atoms with van der Waals surface area (Å²) >= 11 is 0. The van der Waals surface area contributed by atoms with Crippen molar-refractivity contribution in [2.24, 2.45) is 28.9 Å². The first-order valence-electron chi connectivity index (χ1n) is 6.61. The highest BCUT2D eigenvalue weighted by molar-refractivity contribution is 4.90. The molecule has 1 heteroatoms. The van der Waals surface area contributed by atoms with E-state index in [0.29, 0.717) is 11.5 Å². The maximum absolute atomic E-state index is 5.93. The highest BCUT2D eigenvalue weighted by Crippen LogP contribution is 2.49. The molecule has 5 atom stereocenters. The summed E-state index contributed by atoms with van der Waals surface area (Å²) in [5, 5.41) is 0. The molecule has 0 aromatic rings. The zero-order valence-electron chi connectivity index (χ0n) is 11.2. The molecule has 0 amide bonds. The Morgan fingerprint density at radius 1 is 1.33 bits per heavy atom. The van der Waals surface area contributed by atoms with E-state index in [1.165, 1.54) is 25.7 Å². The summed E-state index contributed by atoms with van der Waals surface area (Å²) in [5.41, 5.74) is 6.46. The van der Waals surface area contributed by atoms with Gasteiger partial charge in [-0.15, -0.1) is 0 Å². The molecule has 15 heavy (non-hydrogen) atoms. The minimum atomic E-state index is 0.350. The largest absolute Gasteiger partial charge is 0.328 e. The van der Waals surface area contributed by atoms with Gasteiger partial charge in [-0.05, 0) is 49.4 Å². The molecule has 0 aliphatic heterocycles. The monoisotopic (exact) mass is 211 g/mol. The zero-order chi connectivity index (χ0) is 11.6. The van der Waals surface area contributed by atoms with Crippen molar-refractivity contribution in [2.45, 2.75) is 66.3 Å². The molecule has 1 fully saturated rings. The van der Waals surface area contributed by atoms with Crippen LogP contribution >= 0.6 is 0 Å². The van der Waals surface area contributed by atoms with E-state index in [2.05, 4.69) is 34.6 Å². The van der Waals surface area contributed by atoms with Crippen LogP contribution in [-0.4, -0.2) is 6.04 Å². The quantitative estimate of drug-likeness (QED) is 0.754. The molecule has 0 spiro atoms. The van der Waals surface area contributed by atoms with E-state index >= 15 is 0 Å². The van der Waals surface area contributed by atoms with Crippen molar-refractivity contribution >= 4 is 0 Å². The van der Waals surface area contributed by atoms with Gasteiger partial charge in [0.1, 0.15) is 0 Å². The Labute approximate surface area is 95.8 Å². The summed E-state index contributed by atoms with van der Waals surface area (Å²) < 4.78 is 0. The van der Waals surface area contributed by atoms with Crippen LogP contribution in [0.5, 0.6) is 0 Å². The lowest BCUT2D eigenvalue weighted by atomic mass is 9.59. The van der Waals surface area contributed by atoms with E-state index in [1.807, 2.05) is 0 Å². The van der Waals surface area contributed by atoms with Crippen molar-refractivity contribution in [2.75, 3.05) is 0 Å². The third-order valence-electron chi connectivity index (χ3n) is 4.91. The molecule has 1 aliphatic carbocycles. The lowest BCUT2D eigenvalue weighted by Gasteiger charge is -2.47. The SMILES string of the molecule is CC(N)CC(C)C1(C)CCC(C)CC1C. The fraction of sp³-hybridized carbons (Fsp3) is 1.00. The van der Waals surface area contributed by atoms with Crippen molar-refractivity contribution in [3.05, 3.63) is 0 Å². The van der Waals surface area contributed by atoms with Crippen LogP contribution in [0, 0.1) is 23.2 Å². The Balaban J connectivity index is 2.64. The minimum absolute atomic E-state index is 0.350. The van der Waals surface area contributed by atoms with Crippen LogP contribution in [0.4, 0.5) is 0 Å². The van der Waals surface area contributed by atoms with E-state index in [1.54, 1.807) is 0 Å². The molecule has 1 rings (SSSR count). The summed E-state index contributed by atoms with van der Waals surface area (Å²) in [7, 11) is 0. The van der Waals surface area contributed by atoms with E-state index in [-0.39, 0.29) is 0 Å². The molecule has 0 aromatic carbocycles. The van der Waals surface area contributed by atoms with E-state index in [9.17, 15) is 0 Å². The topological polar surface area (TPSA) is 26.0 Å². The molecule has 1 nitrogen and oxygen atoms in total. The zero-order valence-corrected chi connectivity index (χ0v) is 11.2. The molecule has 0 heterocycles. The lowest BCUT2D eigenvalue weighted by molar-refractivity contribution is 0.0351. The first kappa shape index (κ1) is 13.0. The van der Waals surface area contributed by atoms with Crippen molar-refractivity contribution < 1.29 is 0 Å². The van der Waals surface area contributed by atoms with Gasteiger partial charge in [-0.25, -0.2) is 0 Å². The van der Waals surface area contributed by atoms with Crippen molar-refractivity contribution in [3.63, 3.8) is 0 Å². The molecule has 1 aliphatic rings. The van der Waals surface area contributed by atoms with Crippen LogP contribution in [0.1, 0.15) is 60.3 Å². The van der Waals surface area contributed by atoms with Gasteiger partial charge in [0.25, 0.3) is 0 Å². The van der Waals surface area contributed by atoms with Crippen LogP contribution in [0.3, 0.4) is 0 Å². The maximum Gasteiger partial charge on any atom is 0.00132 e. The van der Waals surface area contributed by atoms with E-state index < -0.39 is 0 Å². The molecular weight excluding hydrogens is 182 g/mol. The number of rotatable bonds is 3. The van der Waals surface area contributed by atoms with Crippen LogP contribution in [0.15, 0.2) is 0 Å². The Morgan fingerprint density at radius 3 is 2.40 bits per heavy atom. The van der Waals surface area contributed by atoms with Crippen molar-refractivity contribution in [1.82, 2.24) is 0 Å². The fourth-order valence-corrected chi connectivity index (χ4v) is 3.35. The van der Waals surface area contributed by atoms with Gasteiger partial charge in [-0.2, -0.15) is 0 Å². The van der Waals surface area contributed by atoms with Crippen LogP contribution in [0.2, 0.25) is 0 Å². The van der Waals surface area contributed by atoms with Gasteiger partial charge >= 0.3 is 0 Å². The van der Waals surface area contributed by atoms with Crippen molar-refractivity contribution in [1.29, 1.82) is 0 Å². The average Bonchev–Trinajstić information content (AvgIpc) is 2.11. The third-order valence-corrected chi connectivity index (χ3v) is 4.91. The standard InChI is InChI=1S/C14H29N/c1-10-6-7-14(5,11(2)8-10)12(3)9-13(4)15/h10-13H,6-9,15H2,1-5H3. The number of nitrogens with two attached hydrogens (primary N) is 1. The van der Waals surface area contributed by atoms with Crippen molar-refractivity contribution in [3.8, 4) is 0 Å². The number of hydrogen-bond donors (Lipinski definition) is 1. The summed E-state index contributed by atoms with van der Waals surface area (Å²) in [4.78, 5) is 0. The van der Waals surface area contributed by atoms with Gasteiger partial charge in [0.2, 0.25) is 0 Å². The molecular formula is C14H29N. The predicted molar refractivity (Wildman–Crippen MR) is 67.7 cm³/mol. The molecule has 0 radical (unpaired) electrons. The van der Waals surface area contributed by atoms with Crippen LogP contribution < -0.4 is 5.73 Å². The van der Waals surface area contributed by atoms with Gasteiger partial charge in [-0.3, -0.25) is 0 Å². The molecule has 1 saturated carbocycles. The summed E-state index contributed by atoms with van der Waals surface area (Å²) in [6.45, 7) is 11.8. The van der Waals surface area contributed by atoms with Gasteiger partial charge in [-0.1, -0.05) is 34.1 Å². The van der Waals surface area contributed by atoms with Gasteiger partial charge in [0, 0.05) is 6.04 Å². The normalized spacial score (nSPS) is 41.2. The molecule has 0 aromatic heterocycles. The Hall–Kier alpha value is -0.0400. The highest BCUT2D eigenvalue weighted by atomic mass is 14.6. The van der Waals surface area contributed by atoms with E-state index in [4.69, 9.17) is 5.73 Å². The molecule has 90 valence electrons. The van der Waals surface area contributed by atoms with Crippen LogP contribution in [-0.2, 0) is 0 Å². The molecule has 0 bridgehead atoms. The summed E-state index contributed by atoms with van der Waals surface area (Å²) in [6, 6.07) is 0.350. The van der Waals surface area contributed by atoms with Gasteiger partial charge in [0.05, 0.1) is 0 Å². The molecule has 2 N–H and O–H groups in total. The Morgan fingerprint density at radius 2 is 1.93 bits per heavy atom. The predicted octanol–water partition coefficient (Wildman–Crippen LogP) is 3.82. The maximum atomic E-state index is 5.93. The highest BCUT2D eigenvalue weighted by Gasteiger charge is 2.40. The second-order valence-electron chi connectivity index (χ2n) is 6.40. The second-order valence-corrected chi connectivity index (χ2v) is 6.40. The average molecular weight is 211 g/mol. The Kier molecular flexibility index (Phi) is 4.22. The third kappa shape index (κ3) is 2.96. The minimum Gasteiger partial charge on any atom is -0.328 e. The van der Waals surface area contributed by atoms with E-state index in [0.717, 1.165) is 17.8 Å². The summed E-state index contributed by atoms with van der Waals surface area (Å²) in [5.74, 6) is 2.55. The summed E-state index contributed by atoms with van der Waals surface area (Å²) in [6.07, 6.45) is 5.38. The fourth-order valence-electron chi connectivity index (χ4n) is 3.35. The first-order valence-corrected chi connectivity index (χ1v) is 6.61. The Bertz CT molecular complexity index is 200. The van der Waals surface area contributed by atoms with Gasteiger partial charge < -0.3 is 5.73 Å². The lowest BCUT2D eigenvalue weighted by Crippen LogP contribution is -2.39. The number of hydrogen-bond acceptors (Lipinski definition) is 1. The smallest absolute Gasteiger partial charge is 0.00132 e. The second kappa shape index (κ2) is 4.86. The van der Waals surface area contributed by atoms with Gasteiger partial charge in [0.15, 0.2) is 0 Å². The molecule has 0 saturated heterocycles.